The molecule has 0 radical (unpaired) electrons. The predicted molar refractivity (Wildman–Crippen MR) is 125 cm³/mol. The summed E-state index contributed by atoms with van der Waals surface area (Å²) in [4.78, 5) is 3.75. The molecule has 0 aliphatic rings. The number of aromatic nitrogens is 1. The number of hydrogen-bond acceptors (Lipinski definition) is 7. The van der Waals surface area contributed by atoms with Gasteiger partial charge in [-0.15, -0.1) is 0 Å². The molecule has 170 valence electrons. The number of nitrogens with zero attached hydrogens (tertiary/aromatic N) is 1. The number of ether oxygens (including phenoxy) is 1. The van der Waals surface area contributed by atoms with E-state index in [1.54, 1.807) is 24.3 Å². The van der Waals surface area contributed by atoms with Gasteiger partial charge in [0, 0.05) is 27.2 Å². The molecule has 1 heterocycles. The Hall–Kier alpha value is -2.79. The molecule has 0 fully saturated rings. The molecule has 7 nitrogen and oxygen atoms in total. The van der Waals surface area contributed by atoms with Crippen molar-refractivity contribution in [2.45, 2.75) is 15.8 Å². The quantitative estimate of drug-likeness (QED) is 0.347. The topological polar surface area (TPSA) is 134 Å². The van der Waals surface area contributed by atoms with Gasteiger partial charge in [0.25, 0.3) is 5.97 Å². The average molecular weight is 507 g/mol. The zero-order valence-corrected chi connectivity index (χ0v) is 19.1. The monoisotopic (exact) mass is 506 g/mol. The predicted octanol–water partition coefficient (Wildman–Crippen LogP) is 4.05. The van der Waals surface area contributed by atoms with Crippen LogP contribution < -0.4 is 21.9 Å². The Morgan fingerprint density at radius 2 is 1.61 bits per heavy atom. The Kier molecular flexibility index (Phi) is 6.04. The van der Waals surface area contributed by atoms with Crippen molar-refractivity contribution < 1.29 is 17.5 Å². The molecule has 0 aliphatic carbocycles. The van der Waals surface area contributed by atoms with Crippen LogP contribution in [0.4, 0.5) is 4.39 Å². The number of para-hydroxylation sites is 1. The maximum Gasteiger partial charge on any atom is 0.271 e. The van der Waals surface area contributed by atoms with Gasteiger partial charge in [-0.3, -0.25) is 22.2 Å². The van der Waals surface area contributed by atoms with Crippen molar-refractivity contribution in [1.82, 2.24) is 4.98 Å². The van der Waals surface area contributed by atoms with E-state index in [1.807, 2.05) is 0 Å². The molecule has 0 amide bonds. The SMILES string of the molecule is NC(N)(N)Oc1cccc(-c2c(S(=O)(=O)c3cc(Cl)cc(Cl)c3)cnc3c(F)cccc23)c1. The number of benzene rings is 3. The first-order valence-electron chi connectivity index (χ1n) is 9.40. The van der Waals surface area contributed by atoms with E-state index < -0.39 is 21.6 Å². The minimum absolute atomic E-state index is 0.00674. The molecule has 4 aromatic rings. The Bertz CT molecular complexity index is 1470. The summed E-state index contributed by atoms with van der Waals surface area (Å²) >= 11 is 12.1. The summed E-state index contributed by atoms with van der Waals surface area (Å²) in [6.07, 6.45) is 1.09. The second kappa shape index (κ2) is 8.53. The van der Waals surface area contributed by atoms with Crippen LogP contribution in [-0.4, -0.2) is 19.4 Å². The number of sulfone groups is 1. The van der Waals surface area contributed by atoms with Crippen molar-refractivity contribution in [2.75, 3.05) is 0 Å². The highest BCUT2D eigenvalue weighted by Gasteiger charge is 2.26. The highest BCUT2D eigenvalue weighted by molar-refractivity contribution is 7.91. The molecule has 33 heavy (non-hydrogen) atoms. The Labute approximate surface area is 198 Å². The van der Waals surface area contributed by atoms with Gasteiger partial charge in [-0.05, 0) is 42.0 Å². The molecule has 0 unspecified atom stereocenters. The summed E-state index contributed by atoms with van der Waals surface area (Å²) in [5.74, 6) is -2.39. The minimum Gasteiger partial charge on any atom is -0.447 e. The lowest BCUT2D eigenvalue weighted by molar-refractivity contribution is 0.0902. The van der Waals surface area contributed by atoms with Crippen molar-refractivity contribution in [3.05, 3.63) is 82.7 Å². The van der Waals surface area contributed by atoms with Crippen LogP contribution in [0.15, 0.2) is 76.7 Å². The van der Waals surface area contributed by atoms with E-state index in [-0.39, 0.29) is 42.1 Å². The molecule has 0 saturated carbocycles. The van der Waals surface area contributed by atoms with Crippen molar-refractivity contribution >= 4 is 43.9 Å². The third kappa shape index (κ3) is 4.79. The molecule has 0 saturated heterocycles. The zero-order chi connectivity index (χ0) is 24.0. The first kappa shape index (κ1) is 23.4. The first-order chi connectivity index (χ1) is 15.5. The van der Waals surface area contributed by atoms with Gasteiger partial charge < -0.3 is 4.74 Å². The number of nitrogens with two attached hydrogens (primary N) is 3. The van der Waals surface area contributed by atoms with E-state index >= 15 is 0 Å². The molecule has 1 aromatic heterocycles. The minimum atomic E-state index is -4.18. The largest absolute Gasteiger partial charge is 0.447 e. The van der Waals surface area contributed by atoms with Gasteiger partial charge in [0.05, 0.1) is 9.79 Å². The van der Waals surface area contributed by atoms with Gasteiger partial charge in [0.15, 0.2) is 0 Å². The second-order valence-electron chi connectivity index (χ2n) is 7.23. The highest BCUT2D eigenvalue weighted by atomic mass is 35.5. The van der Waals surface area contributed by atoms with E-state index in [4.69, 9.17) is 45.1 Å². The van der Waals surface area contributed by atoms with Crippen molar-refractivity contribution in [3.8, 4) is 16.9 Å². The Morgan fingerprint density at radius 1 is 0.939 bits per heavy atom. The zero-order valence-electron chi connectivity index (χ0n) is 16.8. The van der Waals surface area contributed by atoms with Crippen molar-refractivity contribution in [3.63, 3.8) is 0 Å². The lowest BCUT2D eigenvalue weighted by Gasteiger charge is -2.21. The molecule has 4 rings (SSSR count). The molecule has 0 spiro atoms. The second-order valence-corrected chi connectivity index (χ2v) is 10.0. The van der Waals surface area contributed by atoms with Crippen molar-refractivity contribution in [1.29, 1.82) is 0 Å². The van der Waals surface area contributed by atoms with Crippen LogP contribution in [0, 0.1) is 5.82 Å². The Morgan fingerprint density at radius 3 is 2.27 bits per heavy atom. The van der Waals surface area contributed by atoms with Crippen LogP contribution in [0.1, 0.15) is 0 Å². The summed E-state index contributed by atoms with van der Waals surface area (Å²) < 4.78 is 47.1. The smallest absolute Gasteiger partial charge is 0.271 e. The first-order valence-corrected chi connectivity index (χ1v) is 11.6. The van der Waals surface area contributed by atoms with E-state index in [0.717, 1.165) is 6.20 Å². The normalized spacial score (nSPS) is 12.2. The fourth-order valence-electron chi connectivity index (χ4n) is 3.40. The number of pyridine rings is 1. The summed E-state index contributed by atoms with van der Waals surface area (Å²) in [5, 5.41) is 0.548. The van der Waals surface area contributed by atoms with Crippen LogP contribution in [0.5, 0.6) is 5.75 Å². The third-order valence-corrected chi connectivity index (χ3v) is 6.85. The molecular formula is C22H17Cl2FN4O3S. The molecule has 3 aromatic carbocycles. The molecule has 0 aliphatic heterocycles. The fourth-order valence-corrected chi connectivity index (χ4v) is 5.56. The van der Waals surface area contributed by atoms with Gasteiger partial charge in [-0.2, -0.15) is 0 Å². The van der Waals surface area contributed by atoms with E-state index in [9.17, 15) is 12.8 Å². The van der Waals surface area contributed by atoms with E-state index in [1.165, 1.54) is 36.4 Å². The third-order valence-electron chi connectivity index (χ3n) is 4.67. The van der Waals surface area contributed by atoms with Crippen molar-refractivity contribution in [2.24, 2.45) is 17.2 Å². The number of hydrogen-bond donors (Lipinski definition) is 3. The highest BCUT2D eigenvalue weighted by Crippen LogP contribution is 2.39. The number of rotatable bonds is 5. The van der Waals surface area contributed by atoms with Gasteiger partial charge >= 0.3 is 0 Å². The summed E-state index contributed by atoms with van der Waals surface area (Å²) in [5.41, 5.74) is 17.1. The number of halogens is 3. The average Bonchev–Trinajstić information content (AvgIpc) is 2.71. The van der Waals surface area contributed by atoms with Crippen LogP contribution in [0.2, 0.25) is 10.0 Å². The number of fused-ring (bicyclic) bond motifs is 1. The standard InChI is InChI=1S/C22H17Cl2FN4O3S/c23-13-8-14(24)10-16(9-13)33(30,31)19-11-29-21-17(5-2-6-18(21)25)20(19)12-3-1-4-15(7-12)32-22(26,27)28/h1-11H,26-28H2. The van der Waals surface area contributed by atoms with Gasteiger partial charge in [0.2, 0.25) is 9.84 Å². The summed E-state index contributed by atoms with van der Waals surface area (Å²) in [6.45, 7) is 0. The lowest BCUT2D eigenvalue weighted by atomic mass is 10.0. The van der Waals surface area contributed by atoms with Gasteiger partial charge in [0.1, 0.15) is 17.1 Å². The Balaban J connectivity index is 2.04. The molecule has 0 bridgehead atoms. The van der Waals surface area contributed by atoms with E-state index in [0.29, 0.717) is 5.56 Å². The molecule has 6 N–H and O–H groups in total. The van der Waals surface area contributed by atoms with Crippen LogP contribution in [-0.2, 0) is 9.84 Å². The van der Waals surface area contributed by atoms with Gasteiger partial charge in [-0.25, -0.2) is 12.8 Å². The molecule has 11 heteroatoms. The maximum atomic E-state index is 14.5. The fraction of sp³-hybridized carbons (Fsp3) is 0.0455. The summed E-state index contributed by atoms with van der Waals surface area (Å²) in [7, 11) is -4.18. The van der Waals surface area contributed by atoms with Crippen LogP contribution >= 0.6 is 23.2 Å². The maximum absolute atomic E-state index is 14.5. The van der Waals surface area contributed by atoms with Gasteiger partial charge in [-0.1, -0.05) is 47.5 Å². The summed E-state index contributed by atoms with van der Waals surface area (Å²) in [6, 6.07) is 14.5. The van der Waals surface area contributed by atoms with Crippen LogP contribution in [0.3, 0.4) is 0 Å². The van der Waals surface area contributed by atoms with Crippen LogP contribution in [0.25, 0.3) is 22.0 Å². The molecule has 0 atom stereocenters. The molecular weight excluding hydrogens is 490 g/mol. The van der Waals surface area contributed by atoms with E-state index in [2.05, 4.69) is 4.98 Å². The lowest BCUT2D eigenvalue weighted by Crippen LogP contribution is -2.62.